The van der Waals surface area contributed by atoms with Gasteiger partial charge in [-0.25, -0.2) is 9.97 Å². The van der Waals surface area contributed by atoms with E-state index in [1.54, 1.807) is 6.20 Å². The average molecular weight is 374 g/mol. The third-order valence-electron chi connectivity index (χ3n) is 5.79. The first-order valence-electron chi connectivity index (χ1n) is 9.68. The number of aromatic amines is 1. The van der Waals surface area contributed by atoms with Crippen molar-refractivity contribution in [1.29, 1.82) is 0 Å². The summed E-state index contributed by atoms with van der Waals surface area (Å²) >= 11 is 0. The zero-order valence-electron chi connectivity index (χ0n) is 15.7. The number of H-pyrrole nitrogens is 1. The van der Waals surface area contributed by atoms with Crippen LogP contribution in [0.15, 0.2) is 49.1 Å². The molecule has 0 aliphatic carbocycles. The lowest BCUT2D eigenvalue weighted by Crippen LogP contribution is -2.43. The molecule has 142 valence electrons. The van der Waals surface area contributed by atoms with Crippen LogP contribution in [0.4, 0.5) is 0 Å². The summed E-state index contributed by atoms with van der Waals surface area (Å²) < 4.78 is 2.17. The van der Waals surface area contributed by atoms with E-state index in [9.17, 15) is 4.79 Å². The lowest BCUT2D eigenvalue weighted by molar-refractivity contribution is -0.132. The van der Waals surface area contributed by atoms with Crippen molar-refractivity contribution in [1.82, 2.24) is 29.2 Å². The maximum atomic E-state index is 12.9. The minimum Gasteiger partial charge on any atom is -0.345 e. The number of rotatable bonds is 3. The quantitative estimate of drug-likeness (QED) is 0.598. The number of hydrogen-bond donors (Lipinski definition) is 1. The zero-order valence-corrected chi connectivity index (χ0v) is 15.7. The van der Waals surface area contributed by atoms with Crippen LogP contribution in [0.1, 0.15) is 30.8 Å². The van der Waals surface area contributed by atoms with E-state index >= 15 is 0 Å². The number of amides is 1. The molecule has 1 N–H and O–H groups in total. The molecule has 0 bridgehead atoms. The zero-order chi connectivity index (χ0) is 19.1. The molecule has 7 nitrogen and oxygen atoms in total. The summed E-state index contributed by atoms with van der Waals surface area (Å²) in [4.78, 5) is 31.5. The van der Waals surface area contributed by atoms with Gasteiger partial charge in [-0.05, 0) is 30.5 Å². The lowest BCUT2D eigenvalue weighted by Gasteiger charge is -2.36. The molecule has 7 heteroatoms. The highest BCUT2D eigenvalue weighted by Gasteiger charge is 2.33. The molecule has 0 radical (unpaired) electrons. The molecule has 5 heterocycles. The summed E-state index contributed by atoms with van der Waals surface area (Å²) in [5.41, 5.74) is 3.66. The first kappa shape index (κ1) is 16.9. The van der Waals surface area contributed by atoms with E-state index in [4.69, 9.17) is 4.98 Å². The molecule has 0 unspecified atom stereocenters. The van der Waals surface area contributed by atoms with E-state index in [1.807, 2.05) is 47.8 Å². The summed E-state index contributed by atoms with van der Waals surface area (Å²) in [6.07, 6.45) is 8.65. The smallest absolute Gasteiger partial charge is 0.228 e. The second kappa shape index (κ2) is 6.74. The molecule has 1 fully saturated rings. The minimum absolute atomic E-state index is 0.130. The van der Waals surface area contributed by atoms with Crippen LogP contribution < -0.4 is 0 Å². The number of carbonyl (C=O) groups is 1. The van der Waals surface area contributed by atoms with E-state index in [0.29, 0.717) is 18.9 Å². The van der Waals surface area contributed by atoms with E-state index in [1.165, 1.54) is 0 Å². The van der Waals surface area contributed by atoms with E-state index < -0.39 is 0 Å². The highest BCUT2D eigenvalue weighted by atomic mass is 16.2. The molecule has 28 heavy (non-hydrogen) atoms. The van der Waals surface area contributed by atoms with Crippen LogP contribution in [0.5, 0.6) is 0 Å². The number of pyridine rings is 1. The Kier molecular flexibility index (Phi) is 4.07. The Bertz CT molecular complexity index is 1130. The van der Waals surface area contributed by atoms with Crippen molar-refractivity contribution < 1.29 is 4.79 Å². The third-order valence-corrected chi connectivity index (χ3v) is 5.79. The van der Waals surface area contributed by atoms with Gasteiger partial charge in [0.1, 0.15) is 5.82 Å². The third kappa shape index (κ3) is 2.83. The van der Waals surface area contributed by atoms with Crippen LogP contribution in [-0.4, -0.2) is 48.2 Å². The molecule has 0 saturated carbocycles. The van der Waals surface area contributed by atoms with Gasteiger partial charge in [-0.2, -0.15) is 0 Å². The van der Waals surface area contributed by atoms with Crippen molar-refractivity contribution in [2.24, 2.45) is 5.92 Å². The molecule has 4 aromatic heterocycles. The van der Waals surface area contributed by atoms with Gasteiger partial charge in [0.2, 0.25) is 5.91 Å². The van der Waals surface area contributed by atoms with Crippen LogP contribution in [-0.2, 0) is 11.2 Å². The molecule has 1 saturated heterocycles. The van der Waals surface area contributed by atoms with Gasteiger partial charge in [-0.1, -0.05) is 13.0 Å². The van der Waals surface area contributed by atoms with E-state index in [-0.39, 0.29) is 11.8 Å². The number of aromatic nitrogens is 5. The highest BCUT2D eigenvalue weighted by Crippen LogP contribution is 2.33. The van der Waals surface area contributed by atoms with Crippen LogP contribution in [0.25, 0.3) is 16.7 Å². The summed E-state index contributed by atoms with van der Waals surface area (Å²) in [6.45, 7) is 3.72. The molecule has 1 aliphatic rings. The number of likely N-dealkylation sites (tertiary alicyclic amines) is 1. The summed E-state index contributed by atoms with van der Waals surface area (Å²) in [6, 6.07) is 7.72. The maximum absolute atomic E-state index is 12.9. The predicted molar refractivity (Wildman–Crippen MR) is 106 cm³/mol. The van der Waals surface area contributed by atoms with Crippen molar-refractivity contribution in [3.8, 4) is 0 Å². The van der Waals surface area contributed by atoms with E-state index in [2.05, 4.69) is 26.3 Å². The number of hydrogen-bond acceptors (Lipinski definition) is 4. The maximum Gasteiger partial charge on any atom is 0.228 e. The van der Waals surface area contributed by atoms with Gasteiger partial charge in [0.05, 0.1) is 29.8 Å². The largest absolute Gasteiger partial charge is 0.345 e. The molecule has 4 aromatic rings. The Hall–Kier alpha value is -3.22. The van der Waals surface area contributed by atoms with E-state index in [0.717, 1.165) is 41.2 Å². The van der Waals surface area contributed by atoms with Gasteiger partial charge in [0, 0.05) is 37.1 Å². The van der Waals surface area contributed by atoms with Crippen LogP contribution >= 0.6 is 0 Å². The molecule has 0 aromatic carbocycles. The Morgan fingerprint density at radius 3 is 2.96 bits per heavy atom. The Labute approximate surface area is 162 Å². The van der Waals surface area contributed by atoms with Crippen LogP contribution in [0, 0.1) is 5.92 Å². The van der Waals surface area contributed by atoms with Gasteiger partial charge >= 0.3 is 0 Å². The summed E-state index contributed by atoms with van der Waals surface area (Å²) in [5.74, 6) is 1.77. The standard InChI is InChI=1S/C21H22N6O/c1-14-6-9-26(19(28)10-15-4-2-3-7-22-15)13-17(14)21-25-12-16-11-24-20-18(27(16)21)5-8-23-20/h2-5,7-8,11-12,14,17,23H,6,9-10,13H2,1H3/t14-,17+/m1/s1. The number of fused-ring (bicyclic) bond motifs is 3. The molecule has 2 atom stereocenters. The minimum atomic E-state index is 0.130. The predicted octanol–water partition coefficient (Wildman–Crippen LogP) is 2.80. The van der Waals surface area contributed by atoms with Gasteiger partial charge < -0.3 is 9.88 Å². The number of imidazole rings is 1. The molecule has 1 aliphatic heterocycles. The first-order chi connectivity index (χ1) is 13.7. The number of carbonyl (C=O) groups excluding carboxylic acids is 1. The lowest BCUT2D eigenvalue weighted by atomic mass is 9.86. The summed E-state index contributed by atoms with van der Waals surface area (Å²) in [5, 5.41) is 0. The van der Waals surface area contributed by atoms with Gasteiger partial charge in [0.15, 0.2) is 5.65 Å². The van der Waals surface area contributed by atoms with Gasteiger partial charge in [0.25, 0.3) is 0 Å². The van der Waals surface area contributed by atoms with Crippen LogP contribution in [0.2, 0.25) is 0 Å². The second-order valence-corrected chi connectivity index (χ2v) is 7.56. The number of piperidine rings is 1. The van der Waals surface area contributed by atoms with Crippen LogP contribution in [0.3, 0.4) is 0 Å². The van der Waals surface area contributed by atoms with Crippen molar-refractivity contribution in [2.45, 2.75) is 25.7 Å². The monoisotopic (exact) mass is 374 g/mol. The fourth-order valence-electron chi connectivity index (χ4n) is 4.16. The Morgan fingerprint density at radius 1 is 1.21 bits per heavy atom. The van der Waals surface area contributed by atoms with Crippen molar-refractivity contribution in [2.75, 3.05) is 13.1 Å². The Balaban J connectivity index is 1.45. The van der Waals surface area contributed by atoms with Gasteiger partial charge in [-0.15, -0.1) is 0 Å². The molecular formula is C21H22N6O. The molecular weight excluding hydrogens is 352 g/mol. The number of nitrogens with one attached hydrogen (secondary N) is 1. The van der Waals surface area contributed by atoms with Crippen molar-refractivity contribution in [3.63, 3.8) is 0 Å². The fraction of sp³-hybridized carbons (Fsp3) is 0.333. The summed E-state index contributed by atoms with van der Waals surface area (Å²) in [7, 11) is 0. The number of nitrogens with zero attached hydrogens (tertiary/aromatic N) is 5. The van der Waals surface area contributed by atoms with Gasteiger partial charge in [-0.3, -0.25) is 14.2 Å². The Morgan fingerprint density at radius 2 is 2.11 bits per heavy atom. The topological polar surface area (TPSA) is 79.2 Å². The molecule has 0 spiro atoms. The fourth-order valence-corrected chi connectivity index (χ4v) is 4.16. The highest BCUT2D eigenvalue weighted by molar-refractivity contribution is 5.78. The van der Waals surface area contributed by atoms with Crippen molar-refractivity contribution >= 4 is 22.6 Å². The first-order valence-corrected chi connectivity index (χ1v) is 9.68. The second-order valence-electron chi connectivity index (χ2n) is 7.56. The molecule has 5 rings (SSSR count). The van der Waals surface area contributed by atoms with Crippen molar-refractivity contribution in [3.05, 3.63) is 60.6 Å². The average Bonchev–Trinajstić information content (AvgIpc) is 3.35. The normalized spacial score (nSPS) is 20.1. The SMILES string of the molecule is C[C@@H]1CCN(C(=O)Cc2ccccn2)C[C@@H]1c1ncc2cnc3[nH]ccc3n12. The molecule has 1 amide bonds.